The van der Waals surface area contributed by atoms with Gasteiger partial charge < -0.3 is 14.5 Å². The maximum Gasteiger partial charge on any atom is 0.342 e. The molecule has 3 heterocycles. The Morgan fingerprint density at radius 1 is 0.821 bits per heavy atom. The third-order valence-electron chi connectivity index (χ3n) is 5.79. The number of hydrogen-bond donors (Lipinski definition) is 0. The van der Waals surface area contributed by atoms with Gasteiger partial charge in [-0.2, -0.15) is 0 Å². The molecule has 3 aromatic rings. The van der Waals surface area contributed by atoms with E-state index in [2.05, 4.69) is 65.9 Å². The summed E-state index contributed by atoms with van der Waals surface area (Å²) in [6, 6.07) is 20.3. The van der Waals surface area contributed by atoms with Crippen LogP contribution in [0.2, 0.25) is 0 Å². The number of carbonyl (C=O) groups excluding carboxylic acids is 1. The lowest BCUT2D eigenvalue weighted by atomic mass is 9.92. The van der Waals surface area contributed by atoms with E-state index >= 15 is 0 Å². The summed E-state index contributed by atoms with van der Waals surface area (Å²) in [5, 5.41) is 0. The first-order valence-corrected chi connectivity index (χ1v) is 10.6. The van der Waals surface area contributed by atoms with Gasteiger partial charge in [0.25, 0.3) is 5.85 Å². The van der Waals surface area contributed by atoms with Crippen molar-refractivity contribution in [3.8, 4) is 0 Å². The lowest BCUT2D eigenvalue weighted by molar-refractivity contribution is -0.0190. The molecule has 0 aliphatic carbocycles. The fraction of sp³-hybridized carbons (Fsp3) is 0.136. The number of esters is 1. The summed E-state index contributed by atoms with van der Waals surface area (Å²) in [5.74, 6) is -1.22. The van der Waals surface area contributed by atoms with Crippen LogP contribution in [0.25, 0.3) is 0 Å². The molecule has 0 unspecified atom stereocenters. The Bertz CT molecular complexity index is 1120. The molecule has 0 amide bonds. The molecule has 4 nitrogen and oxygen atoms in total. The van der Waals surface area contributed by atoms with E-state index in [9.17, 15) is 4.79 Å². The third-order valence-corrected chi connectivity index (χ3v) is 6.77. The minimum absolute atomic E-state index is 0.272. The van der Waals surface area contributed by atoms with Gasteiger partial charge in [0.1, 0.15) is 0 Å². The zero-order chi connectivity index (χ0) is 19.0. The van der Waals surface area contributed by atoms with Crippen LogP contribution in [0, 0.1) is 0 Å². The number of halogens is 2. The van der Waals surface area contributed by atoms with Crippen molar-refractivity contribution in [2.24, 2.45) is 0 Å². The van der Waals surface area contributed by atoms with Crippen molar-refractivity contribution in [1.29, 1.82) is 0 Å². The van der Waals surface area contributed by atoms with Crippen LogP contribution in [0.5, 0.6) is 0 Å². The van der Waals surface area contributed by atoms with E-state index in [1.807, 2.05) is 36.4 Å². The Kier molecular flexibility index (Phi) is 3.33. The van der Waals surface area contributed by atoms with E-state index in [1.54, 1.807) is 0 Å². The van der Waals surface area contributed by atoms with Crippen LogP contribution in [0.3, 0.4) is 0 Å². The van der Waals surface area contributed by atoms with Crippen molar-refractivity contribution < 1.29 is 9.53 Å². The highest BCUT2D eigenvalue weighted by Crippen LogP contribution is 2.55. The second-order valence-electron chi connectivity index (χ2n) is 7.26. The first-order valence-electron chi connectivity index (χ1n) is 9.03. The molecule has 6 heteroatoms. The van der Waals surface area contributed by atoms with Crippen molar-refractivity contribution in [3.63, 3.8) is 0 Å². The maximum atomic E-state index is 12.8. The van der Waals surface area contributed by atoms with Crippen molar-refractivity contribution in [2.75, 3.05) is 9.80 Å². The van der Waals surface area contributed by atoms with Gasteiger partial charge in [-0.3, -0.25) is 0 Å². The highest BCUT2D eigenvalue weighted by molar-refractivity contribution is 9.10. The van der Waals surface area contributed by atoms with Crippen molar-refractivity contribution in [3.05, 3.63) is 91.9 Å². The lowest BCUT2D eigenvalue weighted by Gasteiger charge is -2.56. The Balaban J connectivity index is 1.67. The van der Waals surface area contributed by atoms with Crippen LogP contribution in [0.15, 0.2) is 69.6 Å². The lowest BCUT2D eigenvalue weighted by Crippen LogP contribution is -2.63. The minimum Gasteiger partial charge on any atom is -0.411 e. The predicted molar refractivity (Wildman–Crippen MR) is 114 cm³/mol. The molecule has 0 fully saturated rings. The van der Waals surface area contributed by atoms with Gasteiger partial charge >= 0.3 is 5.97 Å². The van der Waals surface area contributed by atoms with Crippen molar-refractivity contribution >= 4 is 49.2 Å². The van der Waals surface area contributed by atoms with E-state index in [4.69, 9.17) is 4.74 Å². The number of ether oxygens (including phenoxy) is 1. The number of carbonyl (C=O) groups is 1. The molecule has 3 aliphatic rings. The van der Waals surface area contributed by atoms with Gasteiger partial charge in [0, 0.05) is 20.3 Å². The standard InChI is InChI=1S/C22H14Br2N2O2/c23-15-5-7-19-13(9-15)11-26-20-8-6-16(24)10-14(20)12-25(19)22(26)18-4-2-1-3-17(18)21(27)28-22/h1-10H,11-12H2. The molecule has 28 heavy (non-hydrogen) atoms. The molecule has 1 spiro atoms. The molecule has 0 radical (unpaired) electrons. The van der Waals surface area contributed by atoms with Crippen LogP contribution in [-0.4, -0.2) is 5.97 Å². The Labute approximate surface area is 179 Å². The van der Waals surface area contributed by atoms with Crippen LogP contribution >= 0.6 is 31.9 Å². The third kappa shape index (κ3) is 2.02. The highest BCUT2D eigenvalue weighted by Gasteiger charge is 2.59. The molecular formula is C22H14Br2N2O2. The number of rotatable bonds is 0. The fourth-order valence-electron chi connectivity index (χ4n) is 4.67. The topological polar surface area (TPSA) is 32.8 Å². The average Bonchev–Trinajstić information content (AvgIpc) is 2.96. The van der Waals surface area contributed by atoms with Gasteiger partial charge in [-0.15, -0.1) is 0 Å². The van der Waals surface area contributed by atoms with Crippen molar-refractivity contribution in [1.82, 2.24) is 0 Å². The van der Waals surface area contributed by atoms with Gasteiger partial charge in [-0.05, 0) is 53.6 Å². The number of fused-ring (bicyclic) bond motifs is 5. The van der Waals surface area contributed by atoms with E-state index in [0.717, 1.165) is 25.9 Å². The molecular weight excluding hydrogens is 484 g/mol. The quantitative estimate of drug-likeness (QED) is 0.382. The first kappa shape index (κ1) is 16.6. The number of nitrogens with zero attached hydrogens (tertiary/aromatic N) is 2. The largest absolute Gasteiger partial charge is 0.411 e. The smallest absolute Gasteiger partial charge is 0.342 e. The fourth-order valence-corrected chi connectivity index (χ4v) is 5.49. The maximum absolute atomic E-state index is 12.8. The van der Waals surface area contributed by atoms with E-state index < -0.39 is 5.85 Å². The molecule has 3 aromatic carbocycles. The van der Waals surface area contributed by atoms with E-state index in [-0.39, 0.29) is 5.97 Å². The Hall–Kier alpha value is -2.31. The molecule has 6 rings (SSSR count). The number of benzene rings is 3. The first-order chi connectivity index (χ1) is 13.6. The Morgan fingerprint density at radius 2 is 1.39 bits per heavy atom. The summed E-state index contributed by atoms with van der Waals surface area (Å²) in [7, 11) is 0. The summed E-state index contributed by atoms with van der Waals surface area (Å²) in [6.07, 6.45) is 0. The molecule has 0 atom stereocenters. The van der Waals surface area contributed by atoms with E-state index in [1.165, 1.54) is 11.1 Å². The van der Waals surface area contributed by atoms with Crippen LogP contribution in [0.1, 0.15) is 27.0 Å². The van der Waals surface area contributed by atoms with Gasteiger partial charge in [0.2, 0.25) is 0 Å². The molecule has 0 aromatic heterocycles. The summed E-state index contributed by atoms with van der Waals surface area (Å²) in [4.78, 5) is 17.2. The second kappa shape index (κ2) is 5.61. The Morgan fingerprint density at radius 3 is 2.00 bits per heavy atom. The van der Waals surface area contributed by atoms with Gasteiger partial charge in [0.15, 0.2) is 0 Å². The molecule has 0 saturated carbocycles. The van der Waals surface area contributed by atoms with Crippen LogP contribution in [-0.2, 0) is 23.7 Å². The monoisotopic (exact) mass is 496 g/mol. The highest BCUT2D eigenvalue weighted by atomic mass is 79.9. The molecule has 3 aliphatic heterocycles. The molecule has 0 saturated heterocycles. The molecule has 0 N–H and O–H groups in total. The molecule has 2 bridgehead atoms. The van der Waals surface area contributed by atoms with Gasteiger partial charge in [0.05, 0.1) is 24.2 Å². The summed E-state index contributed by atoms with van der Waals surface area (Å²) in [5.41, 5.74) is 6.13. The summed E-state index contributed by atoms with van der Waals surface area (Å²) < 4.78 is 8.28. The molecule has 138 valence electrons. The normalized spacial score (nSPS) is 17.9. The second-order valence-corrected chi connectivity index (χ2v) is 9.09. The SMILES string of the molecule is O=C1OC2(c3ccccc31)N1Cc3cc(Br)ccc3N2Cc2cc(Br)ccc21. The summed E-state index contributed by atoms with van der Waals surface area (Å²) >= 11 is 7.19. The van der Waals surface area contributed by atoms with E-state index in [0.29, 0.717) is 18.7 Å². The zero-order valence-corrected chi connectivity index (χ0v) is 17.8. The number of anilines is 2. The van der Waals surface area contributed by atoms with Gasteiger partial charge in [-0.25, -0.2) is 4.79 Å². The van der Waals surface area contributed by atoms with Gasteiger partial charge in [-0.1, -0.05) is 50.1 Å². The van der Waals surface area contributed by atoms with Crippen LogP contribution < -0.4 is 9.80 Å². The predicted octanol–water partition coefficient (Wildman–Crippen LogP) is 5.53. The average molecular weight is 498 g/mol. The summed E-state index contributed by atoms with van der Waals surface area (Å²) in [6.45, 7) is 1.31. The van der Waals surface area contributed by atoms with Crippen LogP contribution in [0.4, 0.5) is 11.4 Å². The minimum atomic E-state index is -0.949. The zero-order valence-electron chi connectivity index (χ0n) is 14.7. The van der Waals surface area contributed by atoms with Crippen molar-refractivity contribution in [2.45, 2.75) is 18.9 Å². The number of hydrogen-bond acceptors (Lipinski definition) is 4.